The molecule has 2 amide bonds. The first kappa shape index (κ1) is 14.2. The zero-order valence-corrected chi connectivity index (χ0v) is 11.4. The van der Waals surface area contributed by atoms with Gasteiger partial charge in [-0.1, -0.05) is 12.1 Å². The Bertz CT molecular complexity index is 503. The Labute approximate surface area is 117 Å². The fourth-order valence-corrected chi connectivity index (χ4v) is 2.21. The molecule has 0 saturated heterocycles. The van der Waals surface area contributed by atoms with E-state index in [9.17, 15) is 14.4 Å². The molecule has 0 fully saturated rings. The lowest BCUT2D eigenvalue weighted by molar-refractivity contribution is -0.141. The fourth-order valence-electron chi connectivity index (χ4n) is 2.21. The maximum Gasteiger partial charge on any atom is 0.302 e. The lowest BCUT2D eigenvalue weighted by Crippen LogP contribution is -2.30. The Hall–Kier alpha value is -2.17. The third kappa shape index (κ3) is 3.04. The van der Waals surface area contributed by atoms with Crippen molar-refractivity contribution in [1.29, 1.82) is 0 Å². The first-order chi connectivity index (χ1) is 9.61. The molecule has 0 spiro atoms. The van der Waals surface area contributed by atoms with Crippen molar-refractivity contribution in [2.45, 2.75) is 26.2 Å². The van der Waals surface area contributed by atoms with Crippen LogP contribution in [0.2, 0.25) is 0 Å². The summed E-state index contributed by atoms with van der Waals surface area (Å²) in [6.07, 6.45) is 2.26. The van der Waals surface area contributed by atoms with Gasteiger partial charge in [-0.15, -0.1) is 0 Å². The number of fused-ring (bicyclic) bond motifs is 1. The minimum Gasteiger partial charge on any atom is -0.466 e. The van der Waals surface area contributed by atoms with E-state index in [1.807, 2.05) is 0 Å². The van der Waals surface area contributed by atoms with E-state index < -0.39 is 0 Å². The van der Waals surface area contributed by atoms with E-state index in [1.165, 1.54) is 11.8 Å². The lowest BCUT2D eigenvalue weighted by Gasteiger charge is -2.13. The Morgan fingerprint density at radius 2 is 1.65 bits per heavy atom. The first-order valence-corrected chi connectivity index (χ1v) is 6.70. The normalized spacial score (nSPS) is 13.6. The van der Waals surface area contributed by atoms with Crippen molar-refractivity contribution >= 4 is 17.8 Å². The zero-order chi connectivity index (χ0) is 14.5. The van der Waals surface area contributed by atoms with Crippen LogP contribution in [0.15, 0.2) is 24.3 Å². The topological polar surface area (TPSA) is 63.7 Å². The van der Waals surface area contributed by atoms with Crippen LogP contribution in [-0.2, 0) is 9.53 Å². The monoisotopic (exact) mass is 275 g/mol. The van der Waals surface area contributed by atoms with Crippen molar-refractivity contribution in [3.8, 4) is 0 Å². The molecule has 20 heavy (non-hydrogen) atoms. The molecule has 0 saturated carbocycles. The largest absolute Gasteiger partial charge is 0.466 e. The molecule has 0 atom stereocenters. The number of carbonyl (C=O) groups is 3. The van der Waals surface area contributed by atoms with Gasteiger partial charge in [0.15, 0.2) is 0 Å². The number of unbranched alkanes of at least 4 members (excludes halogenated alkanes) is 2. The number of rotatable bonds is 6. The van der Waals surface area contributed by atoms with E-state index in [2.05, 4.69) is 0 Å². The summed E-state index contributed by atoms with van der Waals surface area (Å²) in [6.45, 7) is 2.17. The van der Waals surface area contributed by atoms with Gasteiger partial charge in [0.2, 0.25) is 0 Å². The molecule has 106 valence electrons. The zero-order valence-electron chi connectivity index (χ0n) is 11.4. The SMILES string of the molecule is CC(=O)OCCCCCN1C(=O)c2ccccc2C1=O. The van der Waals surface area contributed by atoms with Gasteiger partial charge in [0.25, 0.3) is 11.8 Å². The molecule has 1 aliphatic rings. The van der Waals surface area contributed by atoms with E-state index in [-0.39, 0.29) is 17.8 Å². The number of benzene rings is 1. The molecular weight excluding hydrogens is 258 g/mol. The Morgan fingerprint density at radius 3 is 2.20 bits per heavy atom. The van der Waals surface area contributed by atoms with E-state index >= 15 is 0 Å². The third-order valence-electron chi connectivity index (χ3n) is 3.21. The molecule has 0 radical (unpaired) electrons. The summed E-state index contributed by atoms with van der Waals surface area (Å²) >= 11 is 0. The van der Waals surface area contributed by atoms with Crippen LogP contribution >= 0.6 is 0 Å². The number of carbonyl (C=O) groups excluding carboxylic acids is 3. The summed E-state index contributed by atoms with van der Waals surface area (Å²) in [5.41, 5.74) is 0.967. The Morgan fingerprint density at radius 1 is 1.05 bits per heavy atom. The molecule has 0 aromatic heterocycles. The van der Waals surface area contributed by atoms with Gasteiger partial charge in [-0.3, -0.25) is 19.3 Å². The van der Waals surface area contributed by atoms with Crippen LogP contribution in [0.5, 0.6) is 0 Å². The number of esters is 1. The Balaban J connectivity index is 1.79. The molecular formula is C15H17NO4. The van der Waals surface area contributed by atoms with Crippen LogP contribution in [0.1, 0.15) is 46.9 Å². The smallest absolute Gasteiger partial charge is 0.302 e. The summed E-state index contributed by atoms with van der Waals surface area (Å²) < 4.78 is 4.82. The van der Waals surface area contributed by atoms with Gasteiger partial charge in [-0.25, -0.2) is 0 Å². The van der Waals surface area contributed by atoms with Crippen LogP contribution in [0.4, 0.5) is 0 Å². The van der Waals surface area contributed by atoms with Gasteiger partial charge in [0.05, 0.1) is 17.7 Å². The highest BCUT2D eigenvalue weighted by molar-refractivity contribution is 6.21. The first-order valence-electron chi connectivity index (χ1n) is 6.70. The van der Waals surface area contributed by atoms with E-state index in [0.29, 0.717) is 30.7 Å². The number of nitrogens with zero attached hydrogens (tertiary/aromatic N) is 1. The average molecular weight is 275 g/mol. The maximum absolute atomic E-state index is 12.1. The second-order valence-corrected chi connectivity index (χ2v) is 4.71. The number of imide groups is 1. The van der Waals surface area contributed by atoms with Gasteiger partial charge in [-0.2, -0.15) is 0 Å². The number of ether oxygens (including phenoxy) is 1. The molecule has 5 nitrogen and oxygen atoms in total. The molecule has 0 aliphatic carbocycles. The molecule has 0 bridgehead atoms. The van der Waals surface area contributed by atoms with Crippen LogP contribution in [-0.4, -0.2) is 35.8 Å². The summed E-state index contributed by atoms with van der Waals surface area (Å²) in [7, 11) is 0. The molecule has 5 heteroatoms. The molecule has 0 N–H and O–H groups in total. The van der Waals surface area contributed by atoms with Crippen molar-refractivity contribution in [3.05, 3.63) is 35.4 Å². The minimum atomic E-state index is -0.287. The van der Waals surface area contributed by atoms with E-state index in [0.717, 1.165) is 12.8 Å². The van der Waals surface area contributed by atoms with Crippen molar-refractivity contribution in [1.82, 2.24) is 4.90 Å². The molecule has 2 rings (SSSR count). The van der Waals surface area contributed by atoms with Gasteiger partial charge < -0.3 is 4.74 Å². The van der Waals surface area contributed by atoms with Gasteiger partial charge >= 0.3 is 5.97 Å². The molecule has 1 aliphatic heterocycles. The van der Waals surface area contributed by atoms with Crippen molar-refractivity contribution in [2.75, 3.05) is 13.2 Å². The summed E-state index contributed by atoms with van der Waals surface area (Å²) in [5, 5.41) is 0. The second-order valence-electron chi connectivity index (χ2n) is 4.71. The maximum atomic E-state index is 12.1. The highest BCUT2D eigenvalue weighted by Gasteiger charge is 2.34. The Kier molecular flexibility index (Phi) is 4.50. The van der Waals surface area contributed by atoms with E-state index in [4.69, 9.17) is 4.74 Å². The second kappa shape index (κ2) is 6.32. The van der Waals surface area contributed by atoms with Crippen molar-refractivity contribution in [3.63, 3.8) is 0 Å². The third-order valence-corrected chi connectivity index (χ3v) is 3.21. The van der Waals surface area contributed by atoms with Crippen molar-refractivity contribution in [2.24, 2.45) is 0 Å². The number of hydrogen-bond donors (Lipinski definition) is 0. The quantitative estimate of drug-likeness (QED) is 0.452. The fraction of sp³-hybridized carbons (Fsp3) is 0.400. The molecule has 1 aromatic rings. The summed E-state index contributed by atoms with van der Waals surface area (Å²) in [5.74, 6) is -0.721. The van der Waals surface area contributed by atoms with Crippen molar-refractivity contribution < 1.29 is 19.1 Å². The number of amides is 2. The van der Waals surface area contributed by atoms with Crippen LogP contribution in [0.25, 0.3) is 0 Å². The summed E-state index contributed by atoms with van der Waals surface area (Å²) in [6, 6.07) is 6.87. The number of hydrogen-bond acceptors (Lipinski definition) is 4. The van der Waals surface area contributed by atoms with Crippen LogP contribution in [0.3, 0.4) is 0 Å². The lowest BCUT2D eigenvalue weighted by atomic mass is 10.1. The van der Waals surface area contributed by atoms with Gasteiger partial charge in [0.1, 0.15) is 0 Å². The minimum absolute atomic E-state index is 0.217. The van der Waals surface area contributed by atoms with Crippen LogP contribution < -0.4 is 0 Å². The molecule has 1 aromatic carbocycles. The standard InChI is InChI=1S/C15H17NO4/c1-11(17)20-10-6-2-5-9-16-14(18)12-7-3-4-8-13(12)15(16)19/h3-4,7-8H,2,5-6,9-10H2,1H3. The highest BCUT2D eigenvalue weighted by atomic mass is 16.5. The van der Waals surface area contributed by atoms with Gasteiger partial charge in [-0.05, 0) is 31.4 Å². The molecule has 0 unspecified atom stereocenters. The average Bonchev–Trinajstić information content (AvgIpc) is 2.67. The predicted octanol–water partition coefficient (Wildman–Crippen LogP) is 2.02. The highest BCUT2D eigenvalue weighted by Crippen LogP contribution is 2.22. The predicted molar refractivity (Wildman–Crippen MR) is 72.3 cm³/mol. The summed E-state index contributed by atoms with van der Waals surface area (Å²) in [4.78, 5) is 36.0. The van der Waals surface area contributed by atoms with Gasteiger partial charge in [0, 0.05) is 13.5 Å². The van der Waals surface area contributed by atoms with E-state index in [1.54, 1.807) is 24.3 Å². The molecule has 1 heterocycles. The van der Waals surface area contributed by atoms with Crippen LogP contribution in [0, 0.1) is 0 Å².